The molecule has 6 nitrogen and oxygen atoms in total. The van der Waals surface area contributed by atoms with Crippen molar-refractivity contribution in [1.82, 2.24) is 4.72 Å². The van der Waals surface area contributed by atoms with Crippen molar-refractivity contribution >= 4 is 15.7 Å². The zero-order valence-corrected chi connectivity index (χ0v) is 13.5. The number of nitrogens with one attached hydrogen (secondary N) is 2. The van der Waals surface area contributed by atoms with E-state index in [2.05, 4.69) is 10.1 Å². The van der Waals surface area contributed by atoms with Gasteiger partial charge < -0.3 is 10.2 Å². The van der Waals surface area contributed by atoms with Crippen molar-refractivity contribution in [3.8, 4) is 0 Å². The second-order valence-corrected chi connectivity index (χ2v) is 7.20. The Hall–Kier alpha value is -1.15. The Morgan fingerprint density at radius 2 is 1.95 bits per heavy atom. The van der Waals surface area contributed by atoms with Crippen molar-refractivity contribution in [2.45, 2.75) is 50.7 Å². The standard InChI is InChI=1S/C14H23N3O3S/c1-9-7-12(16-15)8-10(2)14(9)21(18,19)17-11(3)13-5-4-6-20-13/h7-8,11,13,16-17H,4-6,15H2,1-3H3. The van der Waals surface area contributed by atoms with E-state index in [-0.39, 0.29) is 12.1 Å². The Bertz CT molecular complexity index is 587. The normalized spacial score (nSPS) is 20.5. The van der Waals surface area contributed by atoms with Crippen LogP contribution in [0.1, 0.15) is 30.9 Å². The molecule has 0 radical (unpaired) electrons. The number of nitrogens with two attached hydrogens (primary N) is 1. The molecule has 4 N–H and O–H groups in total. The fourth-order valence-electron chi connectivity index (χ4n) is 2.83. The van der Waals surface area contributed by atoms with Crippen LogP contribution in [0.5, 0.6) is 0 Å². The van der Waals surface area contributed by atoms with E-state index < -0.39 is 10.0 Å². The summed E-state index contributed by atoms with van der Waals surface area (Å²) >= 11 is 0. The van der Waals surface area contributed by atoms with Gasteiger partial charge in [0.05, 0.1) is 11.0 Å². The second kappa shape index (κ2) is 6.31. The van der Waals surface area contributed by atoms with Crippen LogP contribution in [0.25, 0.3) is 0 Å². The quantitative estimate of drug-likeness (QED) is 0.565. The first-order valence-corrected chi connectivity index (χ1v) is 8.55. The highest BCUT2D eigenvalue weighted by molar-refractivity contribution is 7.89. The maximum absolute atomic E-state index is 12.6. The average molecular weight is 313 g/mol. The molecule has 118 valence electrons. The molecule has 0 aliphatic carbocycles. The molecule has 1 aliphatic rings. The molecule has 1 saturated heterocycles. The van der Waals surface area contributed by atoms with Gasteiger partial charge in [-0.25, -0.2) is 13.1 Å². The van der Waals surface area contributed by atoms with Crippen molar-refractivity contribution < 1.29 is 13.2 Å². The van der Waals surface area contributed by atoms with Gasteiger partial charge in [0.2, 0.25) is 10.0 Å². The number of hydrogen-bond donors (Lipinski definition) is 3. The van der Waals surface area contributed by atoms with Gasteiger partial charge in [-0.05, 0) is 56.9 Å². The van der Waals surface area contributed by atoms with Crippen LogP contribution in [0.4, 0.5) is 5.69 Å². The van der Waals surface area contributed by atoms with Crippen molar-refractivity contribution in [3.63, 3.8) is 0 Å². The molecule has 1 heterocycles. The van der Waals surface area contributed by atoms with E-state index in [4.69, 9.17) is 10.6 Å². The van der Waals surface area contributed by atoms with E-state index in [1.807, 2.05) is 6.92 Å². The number of hydrazine groups is 1. The highest BCUT2D eigenvalue weighted by atomic mass is 32.2. The minimum atomic E-state index is -3.58. The molecular formula is C14H23N3O3S. The summed E-state index contributed by atoms with van der Waals surface area (Å²) < 4.78 is 33.5. The first kappa shape index (κ1) is 16.2. The molecule has 0 spiro atoms. The van der Waals surface area contributed by atoms with Crippen LogP contribution >= 0.6 is 0 Å². The van der Waals surface area contributed by atoms with Gasteiger partial charge in [0.1, 0.15) is 0 Å². The fraction of sp³-hybridized carbons (Fsp3) is 0.571. The summed E-state index contributed by atoms with van der Waals surface area (Å²) in [7, 11) is -3.58. The predicted octanol–water partition coefficient (Wildman–Crippen LogP) is 1.43. The van der Waals surface area contributed by atoms with Crippen LogP contribution < -0.4 is 16.0 Å². The van der Waals surface area contributed by atoms with Gasteiger partial charge >= 0.3 is 0 Å². The SMILES string of the molecule is Cc1cc(NN)cc(C)c1S(=O)(=O)NC(C)C1CCCO1. The minimum Gasteiger partial charge on any atom is -0.377 e. The van der Waals surface area contributed by atoms with Gasteiger partial charge in [0, 0.05) is 18.3 Å². The number of nitrogen functional groups attached to an aromatic ring is 1. The Morgan fingerprint density at radius 3 is 2.43 bits per heavy atom. The van der Waals surface area contributed by atoms with E-state index in [1.165, 1.54) is 0 Å². The largest absolute Gasteiger partial charge is 0.377 e. The molecule has 0 saturated carbocycles. The third kappa shape index (κ3) is 3.55. The minimum absolute atomic E-state index is 0.0506. The molecular weight excluding hydrogens is 290 g/mol. The van der Waals surface area contributed by atoms with Gasteiger partial charge in [-0.3, -0.25) is 5.84 Å². The summed E-state index contributed by atoms with van der Waals surface area (Å²) in [5, 5.41) is 0. The molecule has 7 heteroatoms. The van der Waals surface area contributed by atoms with Gasteiger partial charge in [0.15, 0.2) is 0 Å². The lowest BCUT2D eigenvalue weighted by Gasteiger charge is -2.21. The van der Waals surface area contributed by atoms with E-state index in [1.54, 1.807) is 26.0 Å². The topological polar surface area (TPSA) is 93.5 Å². The third-order valence-electron chi connectivity index (χ3n) is 3.76. The number of benzene rings is 1. The number of ether oxygens (including phenoxy) is 1. The predicted molar refractivity (Wildman–Crippen MR) is 82.5 cm³/mol. The number of rotatable bonds is 5. The zero-order chi connectivity index (χ0) is 15.6. The molecule has 1 fully saturated rings. The lowest BCUT2D eigenvalue weighted by Crippen LogP contribution is -2.41. The van der Waals surface area contributed by atoms with Gasteiger partial charge in [-0.15, -0.1) is 0 Å². The zero-order valence-electron chi connectivity index (χ0n) is 12.6. The van der Waals surface area contributed by atoms with Crippen LogP contribution in [0, 0.1) is 13.8 Å². The molecule has 2 atom stereocenters. The second-order valence-electron chi connectivity index (χ2n) is 5.54. The van der Waals surface area contributed by atoms with Crippen LogP contribution in [-0.2, 0) is 14.8 Å². The molecule has 0 bridgehead atoms. The molecule has 1 aliphatic heterocycles. The molecule has 0 amide bonds. The van der Waals surface area contributed by atoms with E-state index in [0.717, 1.165) is 12.8 Å². The Balaban J connectivity index is 2.27. The maximum Gasteiger partial charge on any atom is 0.241 e. The number of sulfonamides is 1. The Labute approximate surface area is 126 Å². The van der Waals surface area contributed by atoms with E-state index in [0.29, 0.717) is 28.3 Å². The number of anilines is 1. The van der Waals surface area contributed by atoms with Crippen molar-refractivity contribution in [2.24, 2.45) is 5.84 Å². The molecule has 1 aromatic rings. The Kier molecular flexibility index (Phi) is 4.88. The van der Waals surface area contributed by atoms with Crippen molar-refractivity contribution in [2.75, 3.05) is 12.0 Å². The summed E-state index contributed by atoms with van der Waals surface area (Å²) in [5.41, 5.74) is 4.55. The molecule has 1 aromatic carbocycles. The summed E-state index contributed by atoms with van der Waals surface area (Å²) in [4.78, 5) is 0.311. The van der Waals surface area contributed by atoms with Crippen molar-refractivity contribution in [1.29, 1.82) is 0 Å². The van der Waals surface area contributed by atoms with E-state index >= 15 is 0 Å². The van der Waals surface area contributed by atoms with E-state index in [9.17, 15) is 8.42 Å². The highest BCUT2D eigenvalue weighted by Crippen LogP contribution is 2.25. The van der Waals surface area contributed by atoms with Crippen LogP contribution in [0.3, 0.4) is 0 Å². The molecule has 2 unspecified atom stereocenters. The number of aryl methyl sites for hydroxylation is 2. The lowest BCUT2D eigenvalue weighted by atomic mass is 10.1. The summed E-state index contributed by atoms with van der Waals surface area (Å²) in [6.45, 7) is 6.07. The smallest absolute Gasteiger partial charge is 0.241 e. The number of hydrogen-bond acceptors (Lipinski definition) is 5. The first-order chi connectivity index (χ1) is 9.85. The highest BCUT2D eigenvalue weighted by Gasteiger charge is 2.28. The summed E-state index contributed by atoms with van der Waals surface area (Å²) in [5.74, 6) is 5.38. The van der Waals surface area contributed by atoms with Crippen molar-refractivity contribution in [3.05, 3.63) is 23.3 Å². The first-order valence-electron chi connectivity index (χ1n) is 7.07. The van der Waals surface area contributed by atoms with Crippen LogP contribution in [0.15, 0.2) is 17.0 Å². The third-order valence-corrected chi connectivity index (χ3v) is 5.62. The maximum atomic E-state index is 12.6. The summed E-state index contributed by atoms with van der Waals surface area (Å²) in [6.07, 6.45) is 1.81. The van der Waals surface area contributed by atoms with Gasteiger partial charge in [-0.2, -0.15) is 0 Å². The monoisotopic (exact) mass is 313 g/mol. The van der Waals surface area contributed by atoms with Gasteiger partial charge in [-0.1, -0.05) is 0 Å². The van der Waals surface area contributed by atoms with Crippen LogP contribution in [0.2, 0.25) is 0 Å². The molecule has 2 rings (SSSR count). The van der Waals surface area contributed by atoms with Gasteiger partial charge in [0.25, 0.3) is 0 Å². The fourth-order valence-corrected chi connectivity index (χ4v) is 4.56. The Morgan fingerprint density at radius 1 is 1.33 bits per heavy atom. The average Bonchev–Trinajstić information content (AvgIpc) is 2.90. The molecule has 21 heavy (non-hydrogen) atoms. The van der Waals surface area contributed by atoms with Crippen LogP contribution in [-0.4, -0.2) is 27.2 Å². The summed E-state index contributed by atoms with van der Waals surface area (Å²) in [6, 6.07) is 3.19. The lowest BCUT2D eigenvalue weighted by molar-refractivity contribution is 0.0902. The molecule has 0 aromatic heterocycles.